The van der Waals surface area contributed by atoms with Crippen molar-refractivity contribution in [3.05, 3.63) is 44.6 Å². The van der Waals surface area contributed by atoms with Crippen LogP contribution in [0.25, 0.3) is 0 Å². The summed E-state index contributed by atoms with van der Waals surface area (Å²) >= 11 is 3.32. The first kappa shape index (κ1) is 17.0. The molecule has 2 aromatic rings. The van der Waals surface area contributed by atoms with Crippen LogP contribution >= 0.6 is 15.9 Å². The van der Waals surface area contributed by atoms with Crippen LogP contribution in [0.15, 0.2) is 15.0 Å². The average molecular weight is 394 g/mol. The zero-order valence-electron chi connectivity index (χ0n) is 14.2. The second kappa shape index (κ2) is 6.24. The first-order valence-corrected chi connectivity index (χ1v) is 8.74. The fraction of sp³-hybridized carbons (Fsp3) is 0.444. The topological polar surface area (TPSA) is 61.4 Å². The number of carbonyl (C=O) groups is 2. The van der Waals surface area contributed by atoms with Gasteiger partial charge in [-0.25, -0.2) is 4.79 Å². The molecule has 0 amide bonds. The lowest BCUT2D eigenvalue weighted by Crippen LogP contribution is -2.15. The molecule has 2 heterocycles. The lowest BCUT2D eigenvalue weighted by molar-refractivity contribution is 0.0472. The van der Waals surface area contributed by atoms with Gasteiger partial charge >= 0.3 is 5.97 Å². The van der Waals surface area contributed by atoms with E-state index in [1.54, 1.807) is 13.8 Å². The van der Waals surface area contributed by atoms with Gasteiger partial charge < -0.3 is 13.7 Å². The van der Waals surface area contributed by atoms with E-state index >= 15 is 0 Å². The summed E-state index contributed by atoms with van der Waals surface area (Å²) in [5.41, 5.74) is 3.00. The molecule has 128 valence electrons. The highest BCUT2D eigenvalue weighted by atomic mass is 79.9. The van der Waals surface area contributed by atoms with Crippen LogP contribution in [0.3, 0.4) is 0 Å². The number of aryl methyl sites for hydroxylation is 3. The number of halogens is 1. The van der Waals surface area contributed by atoms with Crippen LogP contribution in [0.5, 0.6) is 0 Å². The van der Waals surface area contributed by atoms with Gasteiger partial charge in [0.25, 0.3) is 0 Å². The summed E-state index contributed by atoms with van der Waals surface area (Å²) in [6.07, 6.45) is 2.32. The number of ether oxygens (including phenoxy) is 1. The van der Waals surface area contributed by atoms with Gasteiger partial charge in [0.15, 0.2) is 6.61 Å². The Kier molecular flexibility index (Phi) is 4.42. The van der Waals surface area contributed by atoms with Crippen molar-refractivity contribution in [2.24, 2.45) is 0 Å². The molecule has 0 spiro atoms. The van der Waals surface area contributed by atoms with Crippen molar-refractivity contribution in [1.82, 2.24) is 4.57 Å². The summed E-state index contributed by atoms with van der Waals surface area (Å²) in [5.74, 6) is 0.348. The third-order valence-corrected chi connectivity index (χ3v) is 5.38. The van der Waals surface area contributed by atoms with Gasteiger partial charge in [0.1, 0.15) is 17.1 Å². The molecule has 3 rings (SSSR count). The highest BCUT2D eigenvalue weighted by Crippen LogP contribution is 2.38. The highest BCUT2D eigenvalue weighted by Gasteiger charge is 2.29. The molecule has 0 N–H and O–H groups in total. The van der Waals surface area contributed by atoms with E-state index in [9.17, 15) is 9.59 Å². The normalized spacial score (nSPS) is 14.0. The van der Waals surface area contributed by atoms with Crippen LogP contribution in [0.4, 0.5) is 0 Å². The fourth-order valence-corrected chi connectivity index (χ4v) is 3.65. The Morgan fingerprint density at radius 3 is 2.46 bits per heavy atom. The molecule has 5 nitrogen and oxygen atoms in total. The van der Waals surface area contributed by atoms with Crippen molar-refractivity contribution < 1.29 is 18.7 Å². The molecule has 6 heteroatoms. The summed E-state index contributed by atoms with van der Waals surface area (Å²) in [6.45, 7) is 7.12. The maximum Gasteiger partial charge on any atom is 0.343 e. The molecule has 0 saturated heterocycles. The van der Waals surface area contributed by atoms with E-state index in [1.165, 1.54) is 0 Å². The number of rotatable bonds is 5. The summed E-state index contributed by atoms with van der Waals surface area (Å²) in [7, 11) is 0. The standard InChI is InChI=1S/C18H20BrNO4/c1-9-7-14(10(2)20(9)13-5-6-13)15(21)8-23-18(22)16-11(3)24-12(4)17(16)19/h7,13H,5-6,8H2,1-4H3. The fourth-order valence-electron chi connectivity index (χ4n) is 3.12. The maximum absolute atomic E-state index is 12.5. The third-order valence-electron chi connectivity index (χ3n) is 4.42. The van der Waals surface area contributed by atoms with E-state index in [2.05, 4.69) is 20.5 Å². The van der Waals surface area contributed by atoms with E-state index in [0.29, 0.717) is 33.2 Å². The molecule has 24 heavy (non-hydrogen) atoms. The second-order valence-corrected chi connectivity index (χ2v) is 7.08. The van der Waals surface area contributed by atoms with Gasteiger partial charge in [-0.1, -0.05) is 0 Å². The third kappa shape index (κ3) is 2.95. The Morgan fingerprint density at radius 1 is 1.25 bits per heavy atom. The quantitative estimate of drug-likeness (QED) is 0.555. The summed E-state index contributed by atoms with van der Waals surface area (Å²) < 4.78 is 13.4. The molecule has 1 aliphatic rings. The molecule has 0 atom stereocenters. The summed E-state index contributed by atoms with van der Waals surface area (Å²) in [4.78, 5) is 24.7. The van der Waals surface area contributed by atoms with Crippen LogP contribution in [0.2, 0.25) is 0 Å². The van der Waals surface area contributed by atoms with E-state index in [0.717, 1.165) is 24.2 Å². The molecule has 0 radical (unpaired) electrons. The Bertz CT molecular complexity index is 827. The van der Waals surface area contributed by atoms with E-state index < -0.39 is 5.97 Å². The molecule has 0 aromatic carbocycles. The van der Waals surface area contributed by atoms with Gasteiger partial charge in [0, 0.05) is 23.0 Å². The number of nitrogens with zero attached hydrogens (tertiary/aromatic N) is 1. The smallest absolute Gasteiger partial charge is 0.343 e. The minimum Gasteiger partial charge on any atom is -0.465 e. The van der Waals surface area contributed by atoms with Gasteiger partial charge in [0.05, 0.1) is 4.47 Å². The number of carbonyl (C=O) groups excluding carboxylic acids is 2. The van der Waals surface area contributed by atoms with Crippen molar-refractivity contribution in [3.63, 3.8) is 0 Å². The number of hydrogen-bond donors (Lipinski definition) is 0. The molecular weight excluding hydrogens is 374 g/mol. The predicted octanol–water partition coefficient (Wildman–Crippen LogP) is 4.45. The first-order chi connectivity index (χ1) is 11.3. The van der Waals surface area contributed by atoms with Crippen LogP contribution in [-0.4, -0.2) is 22.9 Å². The molecule has 2 aromatic heterocycles. The predicted molar refractivity (Wildman–Crippen MR) is 92.7 cm³/mol. The Hall–Kier alpha value is -1.82. The minimum atomic E-state index is -0.555. The van der Waals surface area contributed by atoms with Crippen LogP contribution in [0, 0.1) is 27.7 Å². The number of furan rings is 1. The van der Waals surface area contributed by atoms with Crippen molar-refractivity contribution in [2.45, 2.75) is 46.6 Å². The van der Waals surface area contributed by atoms with Crippen LogP contribution < -0.4 is 0 Å². The van der Waals surface area contributed by atoms with Gasteiger partial charge in [-0.15, -0.1) is 0 Å². The van der Waals surface area contributed by atoms with E-state index in [-0.39, 0.29) is 12.4 Å². The van der Waals surface area contributed by atoms with Gasteiger partial charge in [-0.3, -0.25) is 4.79 Å². The van der Waals surface area contributed by atoms with Crippen LogP contribution in [0.1, 0.15) is 62.5 Å². The highest BCUT2D eigenvalue weighted by molar-refractivity contribution is 9.10. The zero-order valence-corrected chi connectivity index (χ0v) is 15.8. The van der Waals surface area contributed by atoms with Gasteiger partial charge in [-0.05, 0) is 62.5 Å². The molecule has 1 saturated carbocycles. The maximum atomic E-state index is 12.5. The lowest BCUT2D eigenvalue weighted by Gasteiger charge is -2.08. The zero-order chi connectivity index (χ0) is 17.6. The minimum absolute atomic E-state index is 0.183. The summed E-state index contributed by atoms with van der Waals surface area (Å²) in [6, 6.07) is 2.40. The van der Waals surface area contributed by atoms with Gasteiger partial charge in [0.2, 0.25) is 5.78 Å². The first-order valence-electron chi connectivity index (χ1n) is 7.95. The van der Waals surface area contributed by atoms with Crippen molar-refractivity contribution in [1.29, 1.82) is 0 Å². The Labute approximate surface area is 149 Å². The molecule has 0 unspecified atom stereocenters. The Morgan fingerprint density at radius 2 is 1.92 bits per heavy atom. The van der Waals surface area contributed by atoms with E-state index in [4.69, 9.17) is 9.15 Å². The summed E-state index contributed by atoms with van der Waals surface area (Å²) in [5, 5.41) is 0. The molecule has 0 aliphatic heterocycles. The van der Waals surface area contributed by atoms with E-state index in [1.807, 2.05) is 19.9 Å². The average Bonchev–Trinajstić information content (AvgIpc) is 3.25. The Balaban J connectivity index is 1.72. The van der Waals surface area contributed by atoms with Gasteiger partial charge in [-0.2, -0.15) is 0 Å². The number of ketones is 1. The number of esters is 1. The number of Topliss-reactive ketones (excluding diaryl/α,β-unsaturated/α-hetero) is 1. The molecule has 1 fully saturated rings. The molecular formula is C18H20BrNO4. The lowest BCUT2D eigenvalue weighted by atomic mass is 10.1. The number of hydrogen-bond acceptors (Lipinski definition) is 4. The monoisotopic (exact) mass is 393 g/mol. The second-order valence-electron chi connectivity index (χ2n) is 6.29. The number of aromatic nitrogens is 1. The molecule has 1 aliphatic carbocycles. The van der Waals surface area contributed by atoms with Crippen LogP contribution in [-0.2, 0) is 4.74 Å². The SMILES string of the molecule is Cc1oc(C)c(C(=O)OCC(=O)c2cc(C)n(C3CC3)c2C)c1Br. The van der Waals surface area contributed by atoms with Crippen molar-refractivity contribution in [3.8, 4) is 0 Å². The van der Waals surface area contributed by atoms with Crippen molar-refractivity contribution in [2.75, 3.05) is 6.61 Å². The van der Waals surface area contributed by atoms with Crippen molar-refractivity contribution >= 4 is 27.7 Å². The molecule has 0 bridgehead atoms. The largest absolute Gasteiger partial charge is 0.465 e.